The van der Waals surface area contributed by atoms with E-state index in [-0.39, 0.29) is 24.7 Å². The molecule has 1 aromatic rings. The SMILES string of the molecule is CCNC(=NCCc1cc(F)cc2c1OCOC2)NC1CN(C(=O)OC(C)(C)C)C1. The van der Waals surface area contributed by atoms with Crippen molar-refractivity contribution in [3.8, 4) is 5.75 Å². The van der Waals surface area contributed by atoms with E-state index in [0.717, 1.165) is 11.1 Å². The van der Waals surface area contributed by atoms with Crippen LogP contribution in [0, 0.1) is 5.82 Å². The number of benzene rings is 1. The second-order valence-corrected chi connectivity index (χ2v) is 8.40. The highest BCUT2D eigenvalue weighted by molar-refractivity contribution is 5.80. The first-order chi connectivity index (χ1) is 14.2. The predicted octanol–water partition coefficient (Wildman–Crippen LogP) is 2.41. The standard InChI is InChI=1S/C21H31FN4O4/c1-5-23-19(25-17-10-26(11-17)20(27)30-21(2,3)4)24-7-6-14-8-16(22)9-15-12-28-13-29-18(14)15/h8-9,17H,5-7,10-13H2,1-4H3,(H2,23,24,25). The number of amides is 1. The average Bonchev–Trinajstić information content (AvgIpc) is 2.62. The lowest BCUT2D eigenvalue weighted by Gasteiger charge is -2.40. The van der Waals surface area contributed by atoms with Crippen LogP contribution in [0.4, 0.5) is 9.18 Å². The summed E-state index contributed by atoms with van der Waals surface area (Å²) in [5.41, 5.74) is 1.01. The maximum Gasteiger partial charge on any atom is 0.410 e. The molecule has 1 aromatic carbocycles. The number of rotatable bonds is 5. The van der Waals surface area contributed by atoms with Crippen LogP contribution < -0.4 is 15.4 Å². The minimum absolute atomic E-state index is 0.109. The van der Waals surface area contributed by atoms with Gasteiger partial charge in [0.1, 0.15) is 17.2 Å². The Labute approximate surface area is 176 Å². The third-order valence-electron chi connectivity index (χ3n) is 4.62. The third kappa shape index (κ3) is 5.98. The van der Waals surface area contributed by atoms with Gasteiger partial charge in [-0.2, -0.15) is 0 Å². The zero-order valence-corrected chi connectivity index (χ0v) is 18.1. The largest absolute Gasteiger partial charge is 0.467 e. The second kappa shape index (κ2) is 9.51. The third-order valence-corrected chi connectivity index (χ3v) is 4.62. The van der Waals surface area contributed by atoms with E-state index < -0.39 is 5.60 Å². The fraction of sp³-hybridized carbons (Fsp3) is 0.619. The lowest BCUT2D eigenvalue weighted by Crippen LogP contribution is -2.63. The first-order valence-corrected chi connectivity index (χ1v) is 10.3. The second-order valence-electron chi connectivity index (χ2n) is 8.40. The van der Waals surface area contributed by atoms with Gasteiger partial charge in [-0.15, -0.1) is 0 Å². The molecule has 1 saturated heterocycles. The van der Waals surface area contributed by atoms with Gasteiger partial charge in [-0.3, -0.25) is 4.99 Å². The van der Waals surface area contributed by atoms with E-state index in [1.54, 1.807) is 4.90 Å². The van der Waals surface area contributed by atoms with Crippen LogP contribution in [-0.4, -0.2) is 61.6 Å². The van der Waals surface area contributed by atoms with Crippen LogP contribution in [0.2, 0.25) is 0 Å². The molecule has 8 nitrogen and oxygen atoms in total. The molecule has 0 unspecified atom stereocenters. The van der Waals surface area contributed by atoms with Crippen molar-refractivity contribution in [3.05, 3.63) is 29.1 Å². The van der Waals surface area contributed by atoms with Crippen LogP contribution in [0.1, 0.15) is 38.8 Å². The Hall–Kier alpha value is -2.55. The van der Waals surface area contributed by atoms with Crippen molar-refractivity contribution in [3.63, 3.8) is 0 Å². The molecule has 0 radical (unpaired) electrons. The van der Waals surface area contributed by atoms with E-state index in [2.05, 4.69) is 15.6 Å². The average molecular weight is 423 g/mol. The molecular formula is C21H31FN4O4. The predicted molar refractivity (Wildman–Crippen MR) is 111 cm³/mol. The number of carbonyl (C=O) groups is 1. The van der Waals surface area contributed by atoms with Crippen molar-refractivity contribution in [2.75, 3.05) is 33.0 Å². The molecule has 2 aliphatic heterocycles. The number of ether oxygens (including phenoxy) is 3. The molecule has 0 aliphatic carbocycles. The number of aliphatic imine (C=N–C) groups is 1. The summed E-state index contributed by atoms with van der Waals surface area (Å²) >= 11 is 0. The topological polar surface area (TPSA) is 84.4 Å². The number of hydrogen-bond donors (Lipinski definition) is 2. The summed E-state index contributed by atoms with van der Waals surface area (Å²) in [5.74, 6) is 1.06. The highest BCUT2D eigenvalue weighted by Gasteiger charge is 2.34. The molecule has 0 atom stereocenters. The Bertz CT molecular complexity index is 788. The minimum Gasteiger partial charge on any atom is -0.467 e. The number of hydrogen-bond acceptors (Lipinski definition) is 5. The van der Waals surface area contributed by atoms with E-state index in [1.807, 2.05) is 27.7 Å². The van der Waals surface area contributed by atoms with E-state index in [0.29, 0.717) is 50.9 Å². The summed E-state index contributed by atoms with van der Waals surface area (Å²) in [5, 5.41) is 6.53. The molecule has 2 aliphatic rings. The van der Waals surface area contributed by atoms with E-state index >= 15 is 0 Å². The highest BCUT2D eigenvalue weighted by Crippen LogP contribution is 2.29. The number of halogens is 1. The molecule has 1 fully saturated rings. The van der Waals surface area contributed by atoms with Gasteiger partial charge in [0.25, 0.3) is 0 Å². The van der Waals surface area contributed by atoms with E-state index in [9.17, 15) is 9.18 Å². The molecule has 0 aromatic heterocycles. The summed E-state index contributed by atoms with van der Waals surface area (Å²) in [6, 6.07) is 3.04. The fourth-order valence-electron chi connectivity index (χ4n) is 3.29. The molecule has 2 N–H and O–H groups in total. The summed E-state index contributed by atoms with van der Waals surface area (Å²) in [7, 11) is 0. The van der Waals surface area contributed by atoms with E-state index in [1.165, 1.54) is 12.1 Å². The Kier molecular flexibility index (Phi) is 7.02. The van der Waals surface area contributed by atoms with Gasteiger partial charge in [0.15, 0.2) is 12.8 Å². The van der Waals surface area contributed by atoms with Crippen molar-refractivity contribution >= 4 is 12.1 Å². The lowest BCUT2D eigenvalue weighted by molar-refractivity contribution is -0.0172. The Balaban J connectivity index is 1.53. The molecular weight excluding hydrogens is 391 g/mol. The van der Waals surface area contributed by atoms with Crippen LogP contribution in [0.3, 0.4) is 0 Å². The quantitative estimate of drug-likeness (QED) is 0.560. The zero-order chi connectivity index (χ0) is 21.7. The maximum atomic E-state index is 13.9. The summed E-state index contributed by atoms with van der Waals surface area (Å²) < 4.78 is 30.0. The van der Waals surface area contributed by atoms with Gasteiger partial charge in [-0.25, -0.2) is 9.18 Å². The number of guanidine groups is 1. The molecule has 9 heteroatoms. The van der Waals surface area contributed by atoms with Crippen molar-refractivity contribution in [2.24, 2.45) is 4.99 Å². The monoisotopic (exact) mass is 422 g/mol. The van der Waals surface area contributed by atoms with Gasteiger partial charge in [-0.1, -0.05) is 0 Å². The van der Waals surface area contributed by atoms with Crippen LogP contribution in [0.5, 0.6) is 5.75 Å². The van der Waals surface area contributed by atoms with E-state index in [4.69, 9.17) is 14.2 Å². The van der Waals surface area contributed by atoms with Crippen molar-refractivity contribution in [1.82, 2.24) is 15.5 Å². The fourth-order valence-corrected chi connectivity index (χ4v) is 3.29. The summed E-state index contributed by atoms with van der Waals surface area (Å²) in [6.07, 6.45) is 0.244. The first kappa shape index (κ1) is 22.1. The number of nitrogens with zero attached hydrogens (tertiary/aromatic N) is 2. The van der Waals surface area contributed by atoms with Crippen LogP contribution >= 0.6 is 0 Å². The van der Waals surface area contributed by atoms with Crippen molar-refractivity contribution in [1.29, 1.82) is 0 Å². The molecule has 0 spiro atoms. The van der Waals surface area contributed by atoms with Gasteiger partial charge in [0.05, 0.1) is 12.6 Å². The van der Waals surface area contributed by atoms with Crippen molar-refractivity contribution in [2.45, 2.75) is 52.4 Å². The minimum atomic E-state index is -0.502. The molecule has 0 saturated carbocycles. The van der Waals surface area contributed by atoms with Crippen molar-refractivity contribution < 1.29 is 23.4 Å². The van der Waals surface area contributed by atoms with Gasteiger partial charge >= 0.3 is 6.09 Å². The Morgan fingerprint density at radius 3 is 2.83 bits per heavy atom. The molecule has 2 heterocycles. The molecule has 3 rings (SSSR count). The summed E-state index contributed by atoms with van der Waals surface area (Å²) in [4.78, 5) is 18.3. The molecule has 30 heavy (non-hydrogen) atoms. The molecule has 1 amide bonds. The van der Waals surface area contributed by atoms with Gasteiger partial charge in [-0.05, 0) is 51.8 Å². The number of carbonyl (C=O) groups excluding carboxylic acids is 1. The smallest absolute Gasteiger partial charge is 0.410 e. The summed E-state index contributed by atoms with van der Waals surface area (Å²) in [6.45, 7) is 10.4. The number of fused-ring (bicyclic) bond motifs is 1. The van der Waals surface area contributed by atoms with Gasteiger partial charge in [0, 0.05) is 31.7 Å². The highest BCUT2D eigenvalue weighted by atomic mass is 19.1. The van der Waals surface area contributed by atoms with Crippen LogP contribution in [0.25, 0.3) is 0 Å². The Morgan fingerprint density at radius 2 is 2.13 bits per heavy atom. The first-order valence-electron chi connectivity index (χ1n) is 10.3. The van der Waals surface area contributed by atoms with Gasteiger partial charge in [0.2, 0.25) is 0 Å². The lowest BCUT2D eigenvalue weighted by atomic mass is 10.1. The Morgan fingerprint density at radius 1 is 1.37 bits per heavy atom. The molecule has 166 valence electrons. The maximum absolute atomic E-state index is 13.9. The number of likely N-dealkylation sites (tertiary alicyclic amines) is 1. The number of nitrogens with one attached hydrogen (secondary N) is 2. The van der Waals surface area contributed by atoms with Crippen LogP contribution in [0.15, 0.2) is 17.1 Å². The van der Waals surface area contributed by atoms with Crippen LogP contribution in [-0.2, 0) is 22.5 Å². The normalized spacial score (nSPS) is 17.0. The van der Waals surface area contributed by atoms with Gasteiger partial charge < -0.3 is 29.7 Å². The zero-order valence-electron chi connectivity index (χ0n) is 18.1. The molecule has 0 bridgehead atoms.